The number of halogens is 1. The van der Waals surface area contributed by atoms with Gasteiger partial charge in [-0.15, -0.1) is 11.3 Å². The molecule has 0 spiro atoms. The number of aromatic nitrogens is 2. The molecule has 0 aromatic carbocycles. The molecule has 0 bridgehead atoms. The molecule has 3 rings (SSSR count). The van der Waals surface area contributed by atoms with Gasteiger partial charge in [0, 0.05) is 11.1 Å². The predicted molar refractivity (Wildman–Crippen MR) is 73.0 cm³/mol. The zero-order valence-corrected chi connectivity index (χ0v) is 11.1. The van der Waals surface area contributed by atoms with E-state index in [9.17, 15) is 9.59 Å². The summed E-state index contributed by atoms with van der Waals surface area (Å²) in [6.07, 6.45) is 1.53. The summed E-state index contributed by atoms with van der Waals surface area (Å²) in [5.41, 5.74) is -0.359. The molecular weight excluding hydrogens is 288 g/mol. The third kappa shape index (κ3) is 2.20. The first kappa shape index (κ1) is 12.1. The molecule has 3 aromatic rings. The van der Waals surface area contributed by atoms with E-state index in [0.29, 0.717) is 9.98 Å². The van der Waals surface area contributed by atoms with Crippen LogP contribution in [0.4, 0.5) is 0 Å². The van der Waals surface area contributed by atoms with Crippen molar-refractivity contribution in [1.29, 1.82) is 0 Å². The first-order valence-electron chi connectivity index (χ1n) is 5.38. The van der Waals surface area contributed by atoms with Gasteiger partial charge in [0.1, 0.15) is 5.39 Å². The average Bonchev–Trinajstić information content (AvgIpc) is 2.80. The van der Waals surface area contributed by atoms with Crippen LogP contribution in [0.1, 0.15) is 4.88 Å². The van der Waals surface area contributed by atoms with Crippen molar-refractivity contribution < 1.29 is 4.42 Å². The predicted octanol–water partition coefficient (Wildman–Crippen LogP) is 2.11. The van der Waals surface area contributed by atoms with E-state index in [1.54, 1.807) is 18.2 Å². The van der Waals surface area contributed by atoms with Crippen LogP contribution in [0.2, 0.25) is 4.34 Å². The summed E-state index contributed by atoms with van der Waals surface area (Å²) in [7, 11) is 0. The maximum atomic E-state index is 11.8. The molecule has 0 saturated carbocycles. The largest absolute Gasteiger partial charge is 0.423 e. The first-order chi connectivity index (χ1) is 9.15. The fourth-order valence-corrected chi connectivity index (χ4v) is 2.86. The quantitative estimate of drug-likeness (QED) is 0.726. The van der Waals surface area contributed by atoms with Crippen LogP contribution < -0.4 is 11.4 Å². The fraction of sp³-hybridized carbons (Fsp3) is 0.0833. The normalized spacial score (nSPS) is 11.0. The summed E-state index contributed by atoms with van der Waals surface area (Å²) in [5.74, 6) is -0.722. The Bertz CT molecular complexity index is 865. The molecule has 0 saturated heterocycles. The Morgan fingerprint density at radius 3 is 2.89 bits per heavy atom. The van der Waals surface area contributed by atoms with Crippen molar-refractivity contribution in [2.45, 2.75) is 6.54 Å². The fourth-order valence-electron chi connectivity index (χ4n) is 1.78. The number of pyridine rings is 1. The zero-order valence-electron chi connectivity index (χ0n) is 9.50. The Balaban J connectivity index is 2.23. The molecule has 0 unspecified atom stereocenters. The standard InChI is InChI=1S/C12H7ClN2O3S/c13-9-4-3-7(19-9)6-15-10-8(2-1-5-14-10)11(16)18-12(15)17/h1-5H,6H2. The molecule has 3 aromatic heterocycles. The zero-order chi connectivity index (χ0) is 13.4. The van der Waals surface area contributed by atoms with E-state index in [4.69, 9.17) is 11.6 Å². The summed E-state index contributed by atoms with van der Waals surface area (Å²) in [4.78, 5) is 28.3. The number of thiophene rings is 1. The van der Waals surface area contributed by atoms with Gasteiger partial charge < -0.3 is 4.42 Å². The molecule has 0 N–H and O–H groups in total. The molecule has 7 heteroatoms. The number of hydrogen-bond acceptors (Lipinski definition) is 5. The van der Waals surface area contributed by atoms with Gasteiger partial charge in [0.25, 0.3) is 0 Å². The molecule has 0 aliphatic carbocycles. The molecule has 0 radical (unpaired) electrons. The van der Waals surface area contributed by atoms with Crippen LogP contribution in [0.3, 0.4) is 0 Å². The van der Waals surface area contributed by atoms with Crippen LogP contribution >= 0.6 is 22.9 Å². The summed E-state index contributed by atoms with van der Waals surface area (Å²) < 4.78 is 6.64. The number of hydrogen-bond donors (Lipinski definition) is 0. The molecule has 96 valence electrons. The summed E-state index contributed by atoms with van der Waals surface area (Å²) in [5, 5.41) is 0.282. The summed E-state index contributed by atoms with van der Waals surface area (Å²) in [6, 6.07) is 6.77. The highest BCUT2D eigenvalue weighted by molar-refractivity contribution is 7.16. The van der Waals surface area contributed by atoms with Gasteiger partial charge in [-0.25, -0.2) is 14.6 Å². The van der Waals surface area contributed by atoms with E-state index in [2.05, 4.69) is 9.40 Å². The molecule has 5 nitrogen and oxygen atoms in total. The highest BCUT2D eigenvalue weighted by atomic mass is 35.5. The van der Waals surface area contributed by atoms with Crippen molar-refractivity contribution in [3.05, 3.63) is 60.6 Å². The van der Waals surface area contributed by atoms with Crippen molar-refractivity contribution in [2.24, 2.45) is 0 Å². The summed E-state index contributed by atoms with van der Waals surface area (Å²) >= 11 is 7.21. The van der Waals surface area contributed by atoms with Crippen LogP contribution in [0.15, 0.2) is 44.5 Å². The van der Waals surface area contributed by atoms with E-state index in [0.717, 1.165) is 4.88 Å². The molecule has 0 aliphatic heterocycles. The highest BCUT2D eigenvalue weighted by Gasteiger charge is 2.11. The van der Waals surface area contributed by atoms with Crippen molar-refractivity contribution >= 4 is 34.0 Å². The van der Waals surface area contributed by atoms with Gasteiger partial charge >= 0.3 is 11.4 Å². The molecule has 0 atom stereocenters. The molecule has 3 heterocycles. The molecule has 19 heavy (non-hydrogen) atoms. The monoisotopic (exact) mass is 294 g/mol. The minimum Gasteiger partial charge on any atom is -0.372 e. The van der Waals surface area contributed by atoms with Crippen molar-refractivity contribution in [2.75, 3.05) is 0 Å². The average molecular weight is 295 g/mol. The lowest BCUT2D eigenvalue weighted by Crippen LogP contribution is -2.25. The third-order valence-electron chi connectivity index (χ3n) is 2.61. The van der Waals surface area contributed by atoms with E-state index in [1.165, 1.54) is 22.1 Å². The van der Waals surface area contributed by atoms with Gasteiger partial charge in [0.2, 0.25) is 0 Å². The molecular formula is C12H7ClN2O3S. The van der Waals surface area contributed by atoms with Crippen LogP contribution in [0.25, 0.3) is 11.0 Å². The number of nitrogens with zero attached hydrogens (tertiary/aromatic N) is 2. The van der Waals surface area contributed by atoms with Crippen molar-refractivity contribution in [3.8, 4) is 0 Å². The second kappa shape index (κ2) is 4.64. The van der Waals surface area contributed by atoms with Gasteiger partial charge in [-0.2, -0.15) is 0 Å². The van der Waals surface area contributed by atoms with E-state index < -0.39 is 11.4 Å². The minimum absolute atomic E-state index is 0.271. The molecule has 0 amide bonds. The van der Waals surface area contributed by atoms with Crippen LogP contribution in [0, 0.1) is 0 Å². The first-order valence-corrected chi connectivity index (χ1v) is 6.57. The number of rotatable bonds is 2. The van der Waals surface area contributed by atoms with Gasteiger partial charge in [-0.05, 0) is 24.3 Å². The lowest BCUT2D eigenvalue weighted by molar-refractivity contribution is 0.424. The lowest BCUT2D eigenvalue weighted by Gasteiger charge is -2.05. The second-order valence-electron chi connectivity index (χ2n) is 3.82. The topological polar surface area (TPSA) is 65.1 Å². The van der Waals surface area contributed by atoms with E-state index in [1.807, 2.05) is 6.07 Å². The molecule has 0 aliphatic rings. The van der Waals surface area contributed by atoms with Crippen molar-refractivity contribution in [1.82, 2.24) is 9.55 Å². The van der Waals surface area contributed by atoms with E-state index in [-0.39, 0.29) is 11.9 Å². The minimum atomic E-state index is -0.722. The highest BCUT2D eigenvalue weighted by Crippen LogP contribution is 2.22. The summed E-state index contributed by atoms with van der Waals surface area (Å²) in [6.45, 7) is 0.271. The van der Waals surface area contributed by atoms with Crippen LogP contribution in [-0.4, -0.2) is 9.55 Å². The van der Waals surface area contributed by atoms with Crippen LogP contribution in [-0.2, 0) is 6.54 Å². The second-order valence-corrected chi connectivity index (χ2v) is 5.62. The van der Waals surface area contributed by atoms with Crippen molar-refractivity contribution in [3.63, 3.8) is 0 Å². The Labute approximate surface area is 115 Å². The third-order valence-corrected chi connectivity index (χ3v) is 3.82. The SMILES string of the molecule is O=c1oc(=O)n(Cc2ccc(Cl)s2)c2ncccc12. The maximum absolute atomic E-state index is 11.8. The molecule has 0 fully saturated rings. The Morgan fingerprint density at radius 2 is 2.16 bits per heavy atom. The van der Waals surface area contributed by atoms with Gasteiger partial charge in [0.05, 0.1) is 10.9 Å². The van der Waals surface area contributed by atoms with Gasteiger partial charge in [-0.3, -0.25) is 4.57 Å². The Hall–Kier alpha value is -1.92. The lowest BCUT2D eigenvalue weighted by atomic mass is 10.3. The van der Waals surface area contributed by atoms with E-state index >= 15 is 0 Å². The Kier molecular flexibility index (Phi) is 2.96. The number of fused-ring (bicyclic) bond motifs is 1. The van der Waals surface area contributed by atoms with Gasteiger partial charge in [0.15, 0.2) is 5.65 Å². The van der Waals surface area contributed by atoms with Crippen LogP contribution in [0.5, 0.6) is 0 Å². The smallest absolute Gasteiger partial charge is 0.372 e. The maximum Gasteiger partial charge on any atom is 0.423 e. The Morgan fingerprint density at radius 1 is 1.32 bits per heavy atom. The van der Waals surface area contributed by atoms with Gasteiger partial charge in [-0.1, -0.05) is 11.6 Å².